The van der Waals surface area contributed by atoms with E-state index in [1.54, 1.807) is 24.4 Å². The number of methoxy groups -OCH3 is 2. The predicted molar refractivity (Wildman–Crippen MR) is 115 cm³/mol. The van der Waals surface area contributed by atoms with Crippen LogP contribution in [0.1, 0.15) is 22.3 Å². The van der Waals surface area contributed by atoms with Gasteiger partial charge in [0.25, 0.3) is 5.91 Å². The minimum absolute atomic E-state index is 0.315. The number of nitrogens with one attached hydrogen (secondary N) is 2. The fraction of sp³-hybridized carbons (Fsp3) is 0.217. The number of benzene rings is 2. The first-order valence-corrected chi connectivity index (χ1v) is 9.47. The number of aromatic nitrogens is 1. The predicted octanol–water partition coefficient (Wildman–Crippen LogP) is 4.40. The number of nitrogens with zero attached hydrogens (tertiary/aromatic N) is 1. The molecule has 0 bridgehead atoms. The lowest BCUT2D eigenvalue weighted by atomic mass is 10.1. The van der Waals surface area contributed by atoms with E-state index in [0.29, 0.717) is 22.7 Å². The van der Waals surface area contributed by atoms with E-state index in [9.17, 15) is 4.79 Å². The second-order valence-corrected chi connectivity index (χ2v) is 6.44. The molecule has 6 heteroatoms. The van der Waals surface area contributed by atoms with E-state index in [1.165, 1.54) is 19.8 Å². The fourth-order valence-electron chi connectivity index (χ4n) is 2.99. The lowest BCUT2D eigenvalue weighted by Gasteiger charge is -2.13. The van der Waals surface area contributed by atoms with Crippen LogP contribution in [0.4, 0.5) is 11.5 Å². The summed E-state index contributed by atoms with van der Waals surface area (Å²) in [6.07, 6.45) is 3.65. The van der Waals surface area contributed by atoms with E-state index >= 15 is 0 Å². The Labute approximate surface area is 170 Å². The van der Waals surface area contributed by atoms with Gasteiger partial charge < -0.3 is 20.1 Å². The maximum absolute atomic E-state index is 12.7. The molecule has 0 fully saturated rings. The molecule has 0 unspecified atom stereocenters. The van der Waals surface area contributed by atoms with Gasteiger partial charge in [-0.25, -0.2) is 4.98 Å². The van der Waals surface area contributed by atoms with Gasteiger partial charge in [0.05, 0.1) is 26.1 Å². The van der Waals surface area contributed by atoms with Crippen LogP contribution < -0.4 is 20.1 Å². The van der Waals surface area contributed by atoms with Crippen molar-refractivity contribution in [2.45, 2.75) is 12.8 Å². The highest BCUT2D eigenvalue weighted by molar-refractivity contribution is 6.08. The van der Waals surface area contributed by atoms with Crippen molar-refractivity contribution < 1.29 is 14.3 Å². The minimum atomic E-state index is -0.315. The van der Waals surface area contributed by atoms with Gasteiger partial charge in [-0.3, -0.25) is 4.79 Å². The van der Waals surface area contributed by atoms with Gasteiger partial charge in [0.1, 0.15) is 22.9 Å². The maximum atomic E-state index is 12.7. The molecule has 3 rings (SSSR count). The summed E-state index contributed by atoms with van der Waals surface area (Å²) >= 11 is 0. The molecule has 150 valence electrons. The highest BCUT2D eigenvalue weighted by Gasteiger charge is 2.18. The summed E-state index contributed by atoms with van der Waals surface area (Å²) in [4.78, 5) is 17.1. The van der Waals surface area contributed by atoms with E-state index in [2.05, 4.69) is 39.9 Å². The van der Waals surface area contributed by atoms with Crippen molar-refractivity contribution in [2.24, 2.45) is 0 Å². The summed E-state index contributed by atoms with van der Waals surface area (Å²) in [7, 11) is 3.04. The average molecular weight is 391 g/mol. The summed E-state index contributed by atoms with van der Waals surface area (Å²) in [5.74, 6) is 1.36. The minimum Gasteiger partial charge on any atom is -0.496 e. The van der Waals surface area contributed by atoms with Crippen molar-refractivity contribution in [1.82, 2.24) is 4.98 Å². The molecule has 0 aliphatic carbocycles. The molecule has 1 amide bonds. The van der Waals surface area contributed by atoms with Gasteiger partial charge in [0.15, 0.2) is 0 Å². The summed E-state index contributed by atoms with van der Waals surface area (Å²) in [5, 5.41) is 6.13. The van der Waals surface area contributed by atoms with E-state index in [-0.39, 0.29) is 5.91 Å². The number of amides is 1. The van der Waals surface area contributed by atoms with Crippen molar-refractivity contribution in [2.75, 3.05) is 31.4 Å². The van der Waals surface area contributed by atoms with Crippen molar-refractivity contribution in [3.05, 3.63) is 78.0 Å². The Balaban J connectivity index is 1.55. The van der Waals surface area contributed by atoms with E-state index in [1.807, 2.05) is 18.2 Å². The normalized spacial score (nSPS) is 10.3. The van der Waals surface area contributed by atoms with Gasteiger partial charge >= 0.3 is 0 Å². The zero-order chi connectivity index (χ0) is 20.5. The Hall–Kier alpha value is -3.54. The molecule has 0 radical (unpaired) electrons. The molecular weight excluding hydrogens is 366 g/mol. The topological polar surface area (TPSA) is 72.5 Å². The zero-order valence-corrected chi connectivity index (χ0v) is 16.6. The molecule has 3 aromatic rings. The molecule has 0 atom stereocenters. The highest BCUT2D eigenvalue weighted by atomic mass is 16.5. The second-order valence-electron chi connectivity index (χ2n) is 6.44. The van der Waals surface area contributed by atoms with Gasteiger partial charge in [-0.2, -0.15) is 0 Å². The molecule has 6 nitrogen and oxygen atoms in total. The summed E-state index contributed by atoms with van der Waals surface area (Å²) in [6.45, 7) is 0.825. The maximum Gasteiger partial charge on any atom is 0.263 e. The third-order valence-corrected chi connectivity index (χ3v) is 4.47. The largest absolute Gasteiger partial charge is 0.496 e. The van der Waals surface area contributed by atoms with Crippen LogP contribution in [0.15, 0.2) is 66.9 Å². The second kappa shape index (κ2) is 10.1. The van der Waals surface area contributed by atoms with Crippen LogP contribution in [0.5, 0.6) is 11.5 Å². The van der Waals surface area contributed by atoms with Gasteiger partial charge in [-0.05, 0) is 42.7 Å². The van der Waals surface area contributed by atoms with Gasteiger partial charge in [-0.15, -0.1) is 0 Å². The van der Waals surface area contributed by atoms with Crippen molar-refractivity contribution in [3.8, 4) is 11.5 Å². The molecule has 0 aliphatic heterocycles. The number of anilines is 2. The van der Waals surface area contributed by atoms with Gasteiger partial charge in [-0.1, -0.05) is 36.4 Å². The van der Waals surface area contributed by atoms with Crippen molar-refractivity contribution >= 4 is 17.4 Å². The van der Waals surface area contributed by atoms with E-state index < -0.39 is 0 Å². The Kier molecular flexibility index (Phi) is 7.05. The Morgan fingerprint density at radius 2 is 1.66 bits per heavy atom. The third-order valence-electron chi connectivity index (χ3n) is 4.47. The van der Waals surface area contributed by atoms with Crippen LogP contribution in [0.3, 0.4) is 0 Å². The molecular formula is C23H25N3O3. The fourth-order valence-corrected chi connectivity index (χ4v) is 2.99. The Morgan fingerprint density at radius 3 is 2.28 bits per heavy atom. The third kappa shape index (κ3) is 5.48. The van der Waals surface area contributed by atoms with Gasteiger partial charge in [0.2, 0.25) is 0 Å². The monoisotopic (exact) mass is 391 g/mol. The quantitative estimate of drug-likeness (QED) is 0.529. The number of carbonyl (C=O) groups excluding carboxylic acids is 1. The molecule has 0 saturated carbocycles. The van der Waals surface area contributed by atoms with Crippen LogP contribution >= 0.6 is 0 Å². The average Bonchev–Trinajstić information content (AvgIpc) is 2.77. The van der Waals surface area contributed by atoms with Crippen LogP contribution in [-0.4, -0.2) is 31.7 Å². The van der Waals surface area contributed by atoms with Crippen LogP contribution in [0, 0.1) is 0 Å². The molecule has 2 aromatic carbocycles. The number of carbonyl (C=O) groups is 1. The first kappa shape index (κ1) is 20.2. The number of rotatable bonds is 9. The van der Waals surface area contributed by atoms with Crippen molar-refractivity contribution in [1.29, 1.82) is 0 Å². The first-order valence-electron chi connectivity index (χ1n) is 9.47. The number of hydrogen-bond donors (Lipinski definition) is 2. The molecule has 0 aliphatic rings. The lowest BCUT2D eigenvalue weighted by molar-refractivity contribution is 0.102. The summed E-state index contributed by atoms with van der Waals surface area (Å²) < 4.78 is 10.6. The van der Waals surface area contributed by atoms with Crippen molar-refractivity contribution in [3.63, 3.8) is 0 Å². The molecule has 2 N–H and O–H groups in total. The molecule has 29 heavy (non-hydrogen) atoms. The number of aryl methyl sites for hydroxylation is 1. The van der Waals surface area contributed by atoms with Crippen LogP contribution in [0.2, 0.25) is 0 Å². The summed E-state index contributed by atoms with van der Waals surface area (Å²) in [5.41, 5.74) is 2.27. The SMILES string of the molecule is COc1cccc(OC)c1C(=O)Nc1ccc(NCCCc2ccccc2)nc1. The standard InChI is InChI=1S/C23H25N3O3/c1-28-19-11-6-12-20(29-2)22(19)23(27)26-18-13-14-21(25-16-18)24-15-7-10-17-8-4-3-5-9-17/h3-6,8-9,11-14,16H,7,10,15H2,1-2H3,(H,24,25)(H,26,27). The molecule has 1 heterocycles. The Morgan fingerprint density at radius 1 is 0.931 bits per heavy atom. The van der Waals surface area contributed by atoms with Crippen LogP contribution in [-0.2, 0) is 6.42 Å². The van der Waals surface area contributed by atoms with Gasteiger partial charge in [0, 0.05) is 6.54 Å². The van der Waals surface area contributed by atoms with E-state index in [0.717, 1.165) is 25.2 Å². The molecule has 1 aromatic heterocycles. The zero-order valence-electron chi connectivity index (χ0n) is 16.6. The van der Waals surface area contributed by atoms with E-state index in [4.69, 9.17) is 9.47 Å². The summed E-state index contributed by atoms with van der Waals surface area (Å²) in [6, 6.07) is 19.3. The first-order chi connectivity index (χ1) is 14.2. The molecule has 0 saturated heterocycles. The lowest BCUT2D eigenvalue weighted by Crippen LogP contribution is -2.15. The highest BCUT2D eigenvalue weighted by Crippen LogP contribution is 2.29. The Bertz CT molecular complexity index is 906. The number of hydrogen-bond acceptors (Lipinski definition) is 5. The smallest absolute Gasteiger partial charge is 0.263 e. The number of pyridine rings is 1. The molecule has 0 spiro atoms. The van der Waals surface area contributed by atoms with Crippen LogP contribution in [0.25, 0.3) is 0 Å². The number of ether oxygens (including phenoxy) is 2.